The fourth-order valence-electron chi connectivity index (χ4n) is 1.71. The molecule has 0 heterocycles. The Bertz CT molecular complexity index is 753. The lowest BCUT2D eigenvalue weighted by Gasteiger charge is -2.09. The van der Waals surface area contributed by atoms with Gasteiger partial charge in [-0.3, -0.25) is 4.72 Å². The summed E-state index contributed by atoms with van der Waals surface area (Å²) < 4.78 is 37.6. The van der Waals surface area contributed by atoms with E-state index in [0.717, 1.165) is 5.56 Å². The van der Waals surface area contributed by atoms with Gasteiger partial charge >= 0.3 is 0 Å². The van der Waals surface area contributed by atoms with Crippen molar-refractivity contribution < 1.29 is 12.8 Å². The first kappa shape index (κ1) is 15.7. The van der Waals surface area contributed by atoms with Gasteiger partial charge in [0, 0.05) is 12.2 Å². The van der Waals surface area contributed by atoms with Gasteiger partial charge in [-0.15, -0.1) is 0 Å². The van der Waals surface area contributed by atoms with Gasteiger partial charge in [-0.1, -0.05) is 12.1 Å². The van der Waals surface area contributed by atoms with E-state index in [-0.39, 0.29) is 5.82 Å². The van der Waals surface area contributed by atoms with E-state index in [0.29, 0.717) is 22.4 Å². The molecule has 0 amide bonds. The summed E-state index contributed by atoms with van der Waals surface area (Å²) in [7, 11) is -3.80. The monoisotopic (exact) mass is 373 g/mol. The van der Waals surface area contributed by atoms with Crippen molar-refractivity contribution in [2.45, 2.75) is 6.54 Å². The second-order valence-electron chi connectivity index (χ2n) is 4.33. The molecule has 0 aromatic heterocycles. The van der Waals surface area contributed by atoms with Crippen LogP contribution in [0, 0.1) is 5.82 Å². The zero-order valence-corrected chi connectivity index (χ0v) is 13.2. The van der Waals surface area contributed by atoms with E-state index < -0.39 is 10.2 Å². The summed E-state index contributed by atoms with van der Waals surface area (Å²) >= 11 is 3.12. The van der Waals surface area contributed by atoms with E-state index in [4.69, 9.17) is 5.14 Å². The van der Waals surface area contributed by atoms with E-state index in [1.54, 1.807) is 36.4 Å². The molecule has 5 nitrogen and oxygen atoms in total. The maximum atomic E-state index is 13.1. The third-order valence-corrected chi connectivity index (χ3v) is 3.73. The molecule has 2 rings (SSSR count). The largest absolute Gasteiger partial charge is 0.381 e. The Kier molecular flexibility index (Phi) is 4.81. The van der Waals surface area contributed by atoms with Crippen LogP contribution >= 0.6 is 15.9 Å². The molecule has 0 fully saturated rings. The first-order valence-electron chi connectivity index (χ1n) is 5.92. The van der Waals surface area contributed by atoms with Crippen LogP contribution in [-0.4, -0.2) is 8.42 Å². The molecule has 0 radical (unpaired) electrons. The molecule has 0 aliphatic heterocycles. The lowest BCUT2D eigenvalue weighted by molar-refractivity contribution is 0.603. The van der Waals surface area contributed by atoms with E-state index >= 15 is 0 Å². The minimum absolute atomic E-state index is 0.321. The minimum Gasteiger partial charge on any atom is -0.381 e. The van der Waals surface area contributed by atoms with Crippen LogP contribution < -0.4 is 15.2 Å². The fourth-order valence-corrected chi connectivity index (χ4v) is 2.59. The molecule has 2 aromatic rings. The second-order valence-corrected chi connectivity index (χ2v) is 6.48. The van der Waals surface area contributed by atoms with Gasteiger partial charge in [0.25, 0.3) is 10.2 Å². The van der Waals surface area contributed by atoms with E-state index in [1.165, 1.54) is 6.07 Å². The Labute approximate surface area is 130 Å². The van der Waals surface area contributed by atoms with Crippen molar-refractivity contribution in [2.75, 3.05) is 10.0 Å². The van der Waals surface area contributed by atoms with Gasteiger partial charge in [-0.2, -0.15) is 8.42 Å². The quantitative estimate of drug-likeness (QED) is 0.753. The average molecular weight is 374 g/mol. The highest BCUT2D eigenvalue weighted by molar-refractivity contribution is 9.10. The van der Waals surface area contributed by atoms with Crippen LogP contribution in [0.4, 0.5) is 15.8 Å². The predicted molar refractivity (Wildman–Crippen MR) is 84.6 cm³/mol. The van der Waals surface area contributed by atoms with Gasteiger partial charge in [0.15, 0.2) is 0 Å². The Morgan fingerprint density at radius 1 is 1.14 bits per heavy atom. The number of nitrogens with two attached hydrogens (primary N) is 1. The smallest absolute Gasteiger partial charge is 0.296 e. The molecule has 0 spiro atoms. The lowest BCUT2D eigenvalue weighted by Crippen LogP contribution is -2.21. The van der Waals surface area contributed by atoms with Gasteiger partial charge in [0.05, 0.1) is 10.2 Å². The van der Waals surface area contributed by atoms with Crippen molar-refractivity contribution in [2.24, 2.45) is 5.14 Å². The molecule has 4 N–H and O–H groups in total. The molecule has 0 unspecified atom stereocenters. The molecule has 2 aromatic carbocycles. The number of benzene rings is 2. The Balaban J connectivity index is 2.06. The second kappa shape index (κ2) is 6.42. The number of rotatable bonds is 5. The molecule has 21 heavy (non-hydrogen) atoms. The van der Waals surface area contributed by atoms with Crippen molar-refractivity contribution in [3.8, 4) is 0 Å². The molecule has 0 aliphatic rings. The minimum atomic E-state index is -3.80. The van der Waals surface area contributed by atoms with E-state index in [9.17, 15) is 12.8 Å². The van der Waals surface area contributed by atoms with Gasteiger partial charge in [-0.25, -0.2) is 9.53 Å². The third kappa shape index (κ3) is 5.00. The predicted octanol–water partition coefficient (Wildman–Crippen LogP) is 2.82. The zero-order chi connectivity index (χ0) is 15.5. The number of nitrogens with one attached hydrogen (secondary N) is 2. The van der Waals surface area contributed by atoms with Crippen LogP contribution in [0.1, 0.15) is 5.56 Å². The normalized spacial score (nSPS) is 11.2. The van der Waals surface area contributed by atoms with Crippen LogP contribution in [0.25, 0.3) is 0 Å². The highest BCUT2D eigenvalue weighted by Crippen LogP contribution is 2.19. The molecule has 0 atom stereocenters. The summed E-state index contributed by atoms with van der Waals surface area (Å²) in [6, 6.07) is 11.4. The molecular weight excluding hydrogens is 361 g/mol. The number of anilines is 2. The first-order valence-corrected chi connectivity index (χ1v) is 8.26. The van der Waals surface area contributed by atoms with Crippen LogP contribution in [-0.2, 0) is 16.8 Å². The van der Waals surface area contributed by atoms with Crippen molar-refractivity contribution in [3.05, 3.63) is 58.3 Å². The van der Waals surface area contributed by atoms with E-state index in [1.807, 2.05) is 0 Å². The standard InChI is InChI=1S/C13H13BrFN3O2S/c14-12-6-9(4-5-13(12)15)8-17-10-2-1-3-11(7-10)18-21(16,19)20/h1-7,17-18H,8H2,(H2,16,19,20). The summed E-state index contributed by atoms with van der Waals surface area (Å²) in [4.78, 5) is 0. The van der Waals surface area contributed by atoms with Gasteiger partial charge in [-0.05, 0) is 51.8 Å². The zero-order valence-electron chi connectivity index (χ0n) is 10.8. The average Bonchev–Trinajstić information content (AvgIpc) is 2.39. The Morgan fingerprint density at radius 2 is 1.86 bits per heavy atom. The maximum absolute atomic E-state index is 13.1. The number of hydrogen-bond acceptors (Lipinski definition) is 3. The molecular formula is C13H13BrFN3O2S. The SMILES string of the molecule is NS(=O)(=O)Nc1cccc(NCc2ccc(F)c(Br)c2)c1. The van der Waals surface area contributed by atoms with Crippen LogP contribution in [0.2, 0.25) is 0 Å². The first-order chi connectivity index (χ1) is 9.83. The number of hydrogen-bond donors (Lipinski definition) is 3. The van der Waals surface area contributed by atoms with Crippen molar-refractivity contribution in [1.29, 1.82) is 0 Å². The summed E-state index contributed by atoms with van der Waals surface area (Å²) in [5.41, 5.74) is 1.96. The van der Waals surface area contributed by atoms with E-state index in [2.05, 4.69) is 26.0 Å². The van der Waals surface area contributed by atoms with Crippen molar-refractivity contribution >= 4 is 37.5 Å². The van der Waals surface area contributed by atoms with Crippen molar-refractivity contribution in [3.63, 3.8) is 0 Å². The van der Waals surface area contributed by atoms with Crippen LogP contribution in [0.5, 0.6) is 0 Å². The Morgan fingerprint density at radius 3 is 2.52 bits per heavy atom. The van der Waals surface area contributed by atoms with Crippen LogP contribution in [0.3, 0.4) is 0 Å². The topological polar surface area (TPSA) is 84.2 Å². The fraction of sp³-hybridized carbons (Fsp3) is 0.0769. The summed E-state index contributed by atoms with van der Waals surface area (Å²) in [5, 5.41) is 8.03. The highest BCUT2D eigenvalue weighted by Gasteiger charge is 2.04. The van der Waals surface area contributed by atoms with Gasteiger partial charge in [0.2, 0.25) is 0 Å². The van der Waals surface area contributed by atoms with Gasteiger partial charge in [0.1, 0.15) is 5.82 Å². The summed E-state index contributed by atoms with van der Waals surface area (Å²) in [6.45, 7) is 0.470. The molecule has 112 valence electrons. The Hall–Kier alpha value is -1.64. The van der Waals surface area contributed by atoms with Gasteiger partial charge < -0.3 is 5.32 Å². The molecule has 0 saturated heterocycles. The third-order valence-electron chi connectivity index (χ3n) is 2.60. The number of halogens is 2. The summed E-state index contributed by atoms with van der Waals surface area (Å²) in [5.74, 6) is -0.321. The highest BCUT2D eigenvalue weighted by atomic mass is 79.9. The molecule has 8 heteroatoms. The molecule has 0 aliphatic carbocycles. The summed E-state index contributed by atoms with van der Waals surface area (Å²) in [6.07, 6.45) is 0. The molecule has 0 bridgehead atoms. The lowest BCUT2D eigenvalue weighted by atomic mass is 10.2. The van der Waals surface area contributed by atoms with Crippen LogP contribution in [0.15, 0.2) is 46.9 Å². The maximum Gasteiger partial charge on any atom is 0.296 e. The molecule has 0 saturated carbocycles. The van der Waals surface area contributed by atoms with Crippen molar-refractivity contribution in [1.82, 2.24) is 0 Å².